The number of phenols is 1. The minimum Gasteiger partial charge on any atom is -0.508 e. The Morgan fingerprint density at radius 2 is 2.21 bits per heavy atom. The van der Waals surface area contributed by atoms with E-state index in [1.54, 1.807) is 12.1 Å². The summed E-state index contributed by atoms with van der Waals surface area (Å²) in [6.45, 7) is 2.14. The van der Waals surface area contributed by atoms with Crippen molar-refractivity contribution in [3.63, 3.8) is 0 Å². The van der Waals surface area contributed by atoms with Crippen molar-refractivity contribution in [2.45, 2.75) is 13.5 Å². The van der Waals surface area contributed by atoms with Gasteiger partial charge in [-0.15, -0.1) is 0 Å². The lowest BCUT2D eigenvalue weighted by atomic mass is 10.1. The number of nitrogens with one attached hydrogen (secondary N) is 1. The largest absolute Gasteiger partial charge is 0.508 e. The number of aromatic hydroxyl groups is 1. The number of carboxylic acids is 1. The van der Waals surface area contributed by atoms with Gasteiger partial charge in [0.2, 0.25) is 0 Å². The summed E-state index contributed by atoms with van der Waals surface area (Å²) < 4.78 is 0. The lowest BCUT2D eigenvalue weighted by Crippen LogP contribution is -2.22. The van der Waals surface area contributed by atoms with E-state index in [9.17, 15) is 9.90 Å². The van der Waals surface area contributed by atoms with E-state index in [2.05, 4.69) is 5.32 Å². The quantitative estimate of drug-likeness (QED) is 0.667. The average molecular weight is 195 g/mol. The van der Waals surface area contributed by atoms with Crippen LogP contribution < -0.4 is 5.32 Å². The molecule has 0 saturated carbocycles. The molecule has 0 spiro atoms. The zero-order valence-electron chi connectivity index (χ0n) is 7.95. The molecule has 1 aromatic carbocycles. The van der Waals surface area contributed by atoms with E-state index in [0.717, 1.165) is 11.1 Å². The SMILES string of the molecule is Cc1cccc(O)c1CNCC(=O)O. The van der Waals surface area contributed by atoms with Crippen LogP contribution in [0.4, 0.5) is 0 Å². The van der Waals surface area contributed by atoms with Crippen molar-refractivity contribution in [3.8, 4) is 5.75 Å². The van der Waals surface area contributed by atoms with Crippen LogP contribution in [0, 0.1) is 6.92 Å². The molecule has 0 bridgehead atoms. The molecule has 0 aromatic heterocycles. The molecule has 0 aliphatic rings. The molecule has 0 heterocycles. The number of rotatable bonds is 4. The molecule has 0 fully saturated rings. The Bertz CT molecular complexity index is 316. The molecule has 0 radical (unpaired) electrons. The maximum Gasteiger partial charge on any atom is 0.317 e. The summed E-state index contributed by atoms with van der Waals surface area (Å²) in [5, 5.41) is 20.6. The van der Waals surface area contributed by atoms with Gasteiger partial charge in [0.05, 0.1) is 6.54 Å². The second-order valence-corrected chi connectivity index (χ2v) is 3.07. The highest BCUT2D eigenvalue weighted by molar-refractivity contribution is 5.69. The average Bonchev–Trinajstić information content (AvgIpc) is 2.09. The van der Waals surface area contributed by atoms with Crippen LogP contribution in [0.5, 0.6) is 5.75 Å². The van der Waals surface area contributed by atoms with Crippen LogP contribution in [-0.4, -0.2) is 22.7 Å². The van der Waals surface area contributed by atoms with Gasteiger partial charge < -0.3 is 15.5 Å². The molecule has 0 amide bonds. The minimum atomic E-state index is -0.905. The minimum absolute atomic E-state index is 0.103. The molecule has 14 heavy (non-hydrogen) atoms. The van der Waals surface area contributed by atoms with Crippen molar-refractivity contribution in [1.82, 2.24) is 5.32 Å². The number of aryl methyl sites for hydroxylation is 1. The van der Waals surface area contributed by atoms with Crippen molar-refractivity contribution in [1.29, 1.82) is 0 Å². The normalized spacial score (nSPS) is 10.1. The third-order valence-corrected chi connectivity index (χ3v) is 1.96. The van der Waals surface area contributed by atoms with Gasteiger partial charge in [0.1, 0.15) is 5.75 Å². The van der Waals surface area contributed by atoms with Crippen molar-refractivity contribution in [2.75, 3.05) is 6.54 Å². The Labute approximate surface area is 82.2 Å². The molecule has 1 aromatic rings. The summed E-state index contributed by atoms with van der Waals surface area (Å²) in [5.41, 5.74) is 1.69. The molecular formula is C10H13NO3. The molecule has 0 aliphatic carbocycles. The number of hydrogen-bond acceptors (Lipinski definition) is 3. The Hall–Kier alpha value is -1.55. The van der Waals surface area contributed by atoms with Crippen LogP contribution in [-0.2, 0) is 11.3 Å². The highest BCUT2D eigenvalue weighted by Crippen LogP contribution is 2.19. The Morgan fingerprint density at radius 3 is 2.79 bits per heavy atom. The van der Waals surface area contributed by atoms with Crippen molar-refractivity contribution in [3.05, 3.63) is 29.3 Å². The summed E-state index contributed by atoms with van der Waals surface area (Å²) >= 11 is 0. The topological polar surface area (TPSA) is 69.6 Å². The molecular weight excluding hydrogens is 182 g/mol. The number of aliphatic carboxylic acids is 1. The summed E-state index contributed by atoms with van der Waals surface area (Å²) in [5.74, 6) is -0.707. The van der Waals surface area contributed by atoms with Gasteiger partial charge in [0.15, 0.2) is 0 Å². The standard InChI is InChI=1S/C10H13NO3/c1-7-3-2-4-9(12)8(7)5-11-6-10(13)14/h2-4,11-12H,5-6H2,1H3,(H,13,14). The Morgan fingerprint density at radius 1 is 1.50 bits per heavy atom. The van der Waals surface area contributed by atoms with Crippen molar-refractivity contribution < 1.29 is 15.0 Å². The maximum absolute atomic E-state index is 10.2. The first-order chi connectivity index (χ1) is 6.61. The molecule has 4 nitrogen and oxygen atoms in total. The molecule has 3 N–H and O–H groups in total. The second-order valence-electron chi connectivity index (χ2n) is 3.07. The smallest absolute Gasteiger partial charge is 0.317 e. The predicted octanol–water partition coefficient (Wildman–Crippen LogP) is 0.875. The van der Waals surface area contributed by atoms with Gasteiger partial charge in [0.25, 0.3) is 0 Å². The van der Waals surface area contributed by atoms with Gasteiger partial charge >= 0.3 is 5.97 Å². The summed E-state index contributed by atoms with van der Waals surface area (Å²) in [7, 11) is 0. The van der Waals surface area contributed by atoms with Crippen LogP contribution in [0.2, 0.25) is 0 Å². The lowest BCUT2D eigenvalue weighted by molar-refractivity contribution is -0.136. The van der Waals surface area contributed by atoms with Crippen LogP contribution in [0.3, 0.4) is 0 Å². The van der Waals surface area contributed by atoms with E-state index in [-0.39, 0.29) is 12.3 Å². The zero-order chi connectivity index (χ0) is 10.6. The summed E-state index contributed by atoms with van der Waals surface area (Å²) in [4.78, 5) is 10.2. The van der Waals surface area contributed by atoms with Crippen LogP contribution in [0.1, 0.15) is 11.1 Å². The third kappa shape index (κ3) is 2.74. The molecule has 0 aliphatic heterocycles. The molecule has 0 unspecified atom stereocenters. The second kappa shape index (κ2) is 4.62. The summed E-state index contributed by atoms with van der Waals surface area (Å²) in [6.07, 6.45) is 0. The Kier molecular flexibility index (Phi) is 3.48. The first-order valence-electron chi connectivity index (χ1n) is 4.31. The molecule has 1 rings (SSSR count). The fourth-order valence-electron chi connectivity index (χ4n) is 1.21. The number of phenolic OH excluding ortho intramolecular Hbond substituents is 1. The maximum atomic E-state index is 10.2. The van der Waals surface area contributed by atoms with Gasteiger partial charge in [-0.25, -0.2) is 0 Å². The zero-order valence-corrected chi connectivity index (χ0v) is 7.95. The Balaban J connectivity index is 2.62. The fourth-order valence-corrected chi connectivity index (χ4v) is 1.21. The van der Waals surface area contributed by atoms with E-state index in [1.807, 2.05) is 13.0 Å². The van der Waals surface area contributed by atoms with Gasteiger partial charge in [-0.3, -0.25) is 4.79 Å². The van der Waals surface area contributed by atoms with Crippen molar-refractivity contribution >= 4 is 5.97 Å². The van der Waals surface area contributed by atoms with Crippen molar-refractivity contribution in [2.24, 2.45) is 0 Å². The number of carboxylic acid groups (broad SMARTS) is 1. The van der Waals surface area contributed by atoms with E-state index < -0.39 is 5.97 Å². The highest BCUT2D eigenvalue weighted by atomic mass is 16.4. The van der Waals surface area contributed by atoms with E-state index in [0.29, 0.717) is 6.54 Å². The third-order valence-electron chi connectivity index (χ3n) is 1.96. The van der Waals surface area contributed by atoms with Gasteiger partial charge in [-0.1, -0.05) is 12.1 Å². The number of hydrogen-bond donors (Lipinski definition) is 3. The monoisotopic (exact) mass is 195 g/mol. The first-order valence-corrected chi connectivity index (χ1v) is 4.31. The first kappa shape index (κ1) is 10.5. The van der Waals surface area contributed by atoms with Crippen LogP contribution in [0.25, 0.3) is 0 Å². The van der Waals surface area contributed by atoms with Gasteiger partial charge in [-0.05, 0) is 18.6 Å². The molecule has 0 atom stereocenters. The highest BCUT2D eigenvalue weighted by Gasteiger charge is 2.04. The fraction of sp³-hybridized carbons (Fsp3) is 0.300. The number of carbonyl (C=O) groups is 1. The number of benzene rings is 1. The van der Waals surface area contributed by atoms with Gasteiger partial charge in [0, 0.05) is 12.1 Å². The van der Waals surface area contributed by atoms with Crippen LogP contribution in [0.15, 0.2) is 18.2 Å². The van der Waals surface area contributed by atoms with E-state index in [4.69, 9.17) is 5.11 Å². The molecule has 76 valence electrons. The van der Waals surface area contributed by atoms with E-state index >= 15 is 0 Å². The van der Waals surface area contributed by atoms with Crippen LogP contribution >= 0.6 is 0 Å². The summed E-state index contributed by atoms with van der Waals surface area (Å²) in [6, 6.07) is 5.22. The molecule has 0 saturated heterocycles. The predicted molar refractivity (Wildman–Crippen MR) is 52.2 cm³/mol. The molecule has 4 heteroatoms. The lowest BCUT2D eigenvalue weighted by Gasteiger charge is -2.07. The van der Waals surface area contributed by atoms with E-state index in [1.165, 1.54) is 0 Å². The van der Waals surface area contributed by atoms with Gasteiger partial charge in [-0.2, -0.15) is 0 Å².